The second kappa shape index (κ2) is 5.48. The van der Waals surface area contributed by atoms with Gasteiger partial charge < -0.3 is 10.5 Å². The van der Waals surface area contributed by atoms with Gasteiger partial charge in [0.15, 0.2) is 5.69 Å². The number of amides is 1. The summed E-state index contributed by atoms with van der Waals surface area (Å²) in [6.07, 6.45) is 3.38. The molecule has 1 aliphatic carbocycles. The van der Waals surface area contributed by atoms with E-state index in [4.69, 9.17) is 10.5 Å². The van der Waals surface area contributed by atoms with E-state index in [1.54, 1.807) is 7.11 Å². The molecule has 1 amide bonds. The maximum atomic E-state index is 11.4. The van der Waals surface area contributed by atoms with Crippen molar-refractivity contribution in [2.75, 3.05) is 13.7 Å². The number of rotatable bonds is 6. The second-order valence-corrected chi connectivity index (χ2v) is 5.06. The fraction of sp³-hybridized carbons (Fsp3) is 0.750. The molecule has 1 atom stereocenters. The van der Waals surface area contributed by atoms with Crippen molar-refractivity contribution in [3.63, 3.8) is 0 Å². The number of hydrogen-bond acceptors (Lipinski definition) is 4. The third kappa shape index (κ3) is 2.53. The van der Waals surface area contributed by atoms with Gasteiger partial charge in [0.2, 0.25) is 0 Å². The van der Waals surface area contributed by atoms with Crippen LogP contribution in [0.25, 0.3) is 0 Å². The molecule has 0 radical (unpaired) electrons. The van der Waals surface area contributed by atoms with Crippen LogP contribution < -0.4 is 5.73 Å². The summed E-state index contributed by atoms with van der Waals surface area (Å²) in [5, 5.41) is 8.00. The molecule has 1 aliphatic rings. The van der Waals surface area contributed by atoms with E-state index in [2.05, 4.69) is 17.2 Å². The zero-order valence-corrected chi connectivity index (χ0v) is 10.9. The first-order valence-electron chi connectivity index (χ1n) is 6.35. The monoisotopic (exact) mass is 252 g/mol. The Labute approximate surface area is 106 Å². The zero-order valence-electron chi connectivity index (χ0n) is 10.9. The highest BCUT2D eigenvalue weighted by molar-refractivity contribution is 5.92. The molecule has 0 spiro atoms. The average Bonchev–Trinajstić information content (AvgIpc) is 2.60. The topological polar surface area (TPSA) is 83.0 Å². The van der Waals surface area contributed by atoms with E-state index in [0.29, 0.717) is 30.7 Å². The van der Waals surface area contributed by atoms with E-state index in [1.165, 1.54) is 6.42 Å². The van der Waals surface area contributed by atoms with Gasteiger partial charge in [0.1, 0.15) is 0 Å². The molecule has 1 saturated carbocycles. The molecule has 6 heteroatoms. The molecule has 1 aromatic rings. The normalized spacial score (nSPS) is 17.4. The van der Waals surface area contributed by atoms with Crippen LogP contribution in [0.15, 0.2) is 0 Å². The maximum Gasteiger partial charge on any atom is 0.271 e. The number of nitrogens with zero attached hydrogens (tertiary/aromatic N) is 3. The third-order valence-electron chi connectivity index (χ3n) is 3.43. The quantitative estimate of drug-likeness (QED) is 0.816. The predicted molar refractivity (Wildman–Crippen MR) is 66.2 cm³/mol. The first kappa shape index (κ1) is 13.0. The molecule has 0 aromatic carbocycles. The number of methoxy groups -OCH3 is 1. The highest BCUT2D eigenvalue weighted by atomic mass is 16.5. The Balaban J connectivity index is 2.21. The van der Waals surface area contributed by atoms with E-state index in [-0.39, 0.29) is 0 Å². The van der Waals surface area contributed by atoms with Crippen molar-refractivity contribution in [3.8, 4) is 0 Å². The van der Waals surface area contributed by atoms with Gasteiger partial charge in [0.25, 0.3) is 5.91 Å². The van der Waals surface area contributed by atoms with Gasteiger partial charge in [-0.15, -0.1) is 5.10 Å². The fourth-order valence-corrected chi connectivity index (χ4v) is 2.35. The predicted octanol–water partition coefficient (Wildman–Crippen LogP) is 0.927. The second-order valence-electron chi connectivity index (χ2n) is 5.06. The zero-order chi connectivity index (χ0) is 13.1. The van der Waals surface area contributed by atoms with Crippen molar-refractivity contribution >= 4 is 5.91 Å². The van der Waals surface area contributed by atoms with Gasteiger partial charge in [-0.25, -0.2) is 4.68 Å². The number of carbonyl (C=O) groups excluding carboxylic acids is 1. The molecule has 1 heterocycles. The highest BCUT2D eigenvalue weighted by Crippen LogP contribution is 2.37. The summed E-state index contributed by atoms with van der Waals surface area (Å²) in [6.45, 7) is 3.45. The van der Waals surface area contributed by atoms with Crippen molar-refractivity contribution in [3.05, 3.63) is 11.4 Å². The van der Waals surface area contributed by atoms with Crippen LogP contribution in [0.2, 0.25) is 0 Å². The van der Waals surface area contributed by atoms with Crippen LogP contribution in [-0.2, 0) is 11.3 Å². The van der Waals surface area contributed by atoms with Crippen molar-refractivity contribution in [2.45, 2.75) is 38.6 Å². The molecular formula is C12H20N4O2. The van der Waals surface area contributed by atoms with Gasteiger partial charge in [0, 0.05) is 19.6 Å². The lowest BCUT2D eigenvalue weighted by Gasteiger charge is -2.26. The molecule has 2 rings (SSSR count). The number of nitrogens with two attached hydrogens (primary N) is 1. The van der Waals surface area contributed by atoms with Gasteiger partial charge in [-0.1, -0.05) is 18.6 Å². The molecule has 18 heavy (non-hydrogen) atoms. The molecule has 100 valence electrons. The molecule has 0 aliphatic heterocycles. The van der Waals surface area contributed by atoms with Crippen LogP contribution in [0.1, 0.15) is 48.3 Å². The van der Waals surface area contributed by atoms with Gasteiger partial charge in [0.05, 0.1) is 12.3 Å². The summed E-state index contributed by atoms with van der Waals surface area (Å²) in [4.78, 5) is 11.4. The van der Waals surface area contributed by atoms with E-state index in [1.807, 2.05) is 4.68 Å². The molecule has 2 N–H and O–H groups in total. The Bertz CT molecular complexity index is 426. The lowest BCUT2D eigenvalue weighted by molar-refractivity contribution is 0.0993. The third-order valence-corrected chi connectivity index (χ3v) is 3.43. The molecule has 1 unspecified atom stereocenters. The molecule has 1 aromatic heterocycles. The van der Waals surface area contributed by atoms with Crippen LogP contribution >= 0.6 is 0 Å². The van der Waals surface area contributed by atoms with Crippen LogP contribution in [0, 0.1) is 5.92 Å². The van der Waals surface area contributed by atoms with E-state index < -0.39 is 5.91 Å². The Hall–Kier alpha value is -1.43. The minimum Gasteiger partial charge on any atom is -0.384 e. The van der Waals surface area contributed by atoms with Crippen LogP contribution in [0.5, 0.6) is 0 Å². The van der Waals surface area contributed by atoms with Crippen molar-refractivity contribution in [1.29, 1.82) is 0 Å². The first-order chi connectivity index (χ1) is 8.63. The lowest BCUT2D eigenvalue weighted by atomic mass is 9.82. The van der Waals surface area contributed by atoms with Crippen molar-refractivity contribution in [2.24, 2.45) is 11.7 Å². The standard InChI is InChI=1S/C12H20N4O2/c1-8(7-18-2)6-16-11(9-4-3-5-9)10(12(13)17)14-15-16/h8-9H,3-7H2,1-2H3,(H2,13,17). The average molecular weight is 252 g/mol. The maximum absolute atomic E-state index is 11.4. The van der Waals surface area contributed by atoms with E-state index in [0.717, 1.165) is 18.5 Å². The largest absolute Gasteiger partial charge is 0.384 e. The van der Waals surface area contributed by atoms with Crippen molar-refractivity contribution < 1.29 is 9.53 Å². The highest BCUT2D eigenvalue weighted by Gasteiger charge is 2.29. The molecular weight excluding hydrogens is 232 g/mol. The summed E-state index contributed by atoms with van der Waals surface area (Å²) >= 11 is 0. The Morgan fingerprint density at radius 1 is 1.61 bits per heavy atom. The van der Waals surface area contributed by atoms with Gasteiger partial charge in [-0.3, -0.25) is 4.79 Å². The summed E-state index contributed by atoms with van der Waals surface area (Å²) in [6, 6.07) is 0. The number of hydrogen-bond donors (Lipinski definition) is 1. The lowest BCUT2D eigenvalue weighted by Crippen LogP contribution is -2.23. The van der Waals surface area contributed by atoms with E-state index in [9.17, 15) is 4.79 Å². The Morgan fingerprint density at radius 2 is 2.33 bits per heavy atom. The summed E-state index contributed by atoms with van der Waals surface area (Å²) < 4.78 is 6.94. The molecule has 6 nitrogen and oxygen atoms in total. The van der Waals surface area contributed by atoms with Gasteiger partial charge in [-0.2, -0.15) is 0 Å². The van der Waals surface area contributed by atoms with Crippen molar-refractivity contribution in [1.82, 2.24) is 15.0 Å². The molecule has 1 fully saturated rings. The number of carbonyl (C=O) groups is 1. The van der Waals surface area contributed by atoms with Crippen LogP contribution in [-0.4, -0.2) is 34.6 Å². The fourth-order valence-electron chi connectivity index (χ4n) is 2.35. The Kier molecular flexibility index (Phi) is 3.96. The minimum atomic E-state index is -0.484. The SMILES string of the molecule is COCC(C)Cn1nnc(C(N)=O)c1C1CCC1. The minimum absolute atomic E-state index is 0.330. The number of primary amides is 1. The van der Waals surface area contributed by atoms with Crippen LogP contribution in [0.3, 0.4) is 0 Å². The summed E-state index contributed by atoms with van der Waals surface area (Å²) in [7, 11) is 1.68. The first-order valence-corrected chi connectivity index (χ1v) is 6.35. The number of ether oxygens (including phenoxy) is 1. The Morgan fingerprint density at radius 3 is 2.83 bits per heavy atom. The van der Waals surface area contributed by atoms with Crippen LogP contribution in [0.4, 0.5) is 0 Å². The van der Waals surface area contributed by atoms with Gasteiger partial charge >= 0.3 is 0 Å². The molecule has 0 saturated heterocycles. The summed E-state index contributed by atoms with van der Waals surface area (Å²) in [5.74, 6) is 0.232. The summed E-state index contributed by atoms with van der Waals surface area (Å²) in [5.41, 5.74) is 6.61. The molecule has 0 bridgehead atoms. The number of aromatic nitrogens is 3. The smallest absolute Gasteiger partial charge is 0.271 e. The van der Waals surface area contributed by atoms with Gasteiger partial charge in [-0.05, 0) is 18.8 Å². The van der Waals surface area contributed by atoms with E-state index >= 15 is 0 Å².